The average molecular weight is 388 g/mol. The SMILES string of the molecule is O=C(NC1CCC(n2nc3c(cc2=O)CCC3)CC1)c1ccc2ncccc2c1. The molecule has 0 unspecified atom stereocenters. The van der Waals surface area contributed by atoms with Gasteiger partial charge in [0, 0.05) is 29.3 Å². The number of pyridine rings is 1. The summed E-state index contributed by atoms with van der Waals surface area (Å²) in [7, 11) is 0. The van der Waals surface area contributed by atoms with Crippen LogP contribution in [0.5, 0.6) is 0 Å². The topological polar surface area (TPSA) is 76.9 Å². The van der Waals surface area contributed by atoms with E-state index in [9.17, 15) is 9.59 Å². The highest BCUT2D eigenvalue weighted by atomic mass is 16.1. The minimum absolute atomic E-state index is 0.0166. The molecular formula is C23H24N4O2. The predicted molar refractivity (Wildman–Crippen MR) is 111 cm³/mol. The maximum absolute atomic E-state index is 12.7. The Kier molecular flexibility index (Phi) is 4.62. The van der Waals surface area contributed by atoms with Crippen LogP contribution in [0.4, 0.5) is 0 Å². The van der Waals surface area contributed by atoms with Gasteiger partial charge in [0.2, 0.25) is 0 Å². The van der Waals surface area contributed by atoms with Crippen molar-refractivity contribution in [1.82, 2.24) is 20.1 Å². The van der Waals surface area contributed by atoms with Crippen molar-refractivity contribution in [3.63, 3.8) is 0 Å². The van der Waals surface area contributed by atoms with Crippen LogP contribution in [-0.2, 0) is 12.8 Å². The van der Waals surface area contributed by atoms with E-state index in [2.05, 4.69) is 15.4 Å². The highest BCUT2D eigenvalue weighted by Gasteiger charge is 2.26. The van der Waals surface area contributed by atoms with Crippen LogP contribution >= 0.6 is 0 Å². The number of rotatable bonds is 3. The number of amides is 1. The summed E-state index contributed by atoms with van der Waals surface area (Å²) in [5, 5.41) is 8.77. The van der Waals surface area contributed by atoms with Crippen molar-refractivity contribution in [2.45, 2.75) is 57.0 Å². The number of aryl methyl sites for hydroxylation is 2. The molecule has 5 rings (SSSR count). The molecule has 2 aliphatic carbocycles. The largest absolute Gasteiger partial charge is 0.349 e. The maximum atomic E-state index is 12.7. The first-order valence-corrected chi connectivity index (χ1v) is 10.4. The van der Waals surface area contributed by atoms with E-state index in [-0.39, 0.29) is 23.6 Å². The summed E-state index contributed by atoms with van der Waals surface area (Å²) in [6.07, 6.45) is 8.23. The van der Waals surface area contributed by atoms with Gasteiger partial charge in [-0.3, -0.25) is 14.6 Å². The Bertz CT molecular complexity index is 1130. The Morgan fingerprint density at radius 1 is 1.07 bits per heavy atom. The fourth-order valence-corrected chi connectivity index (χ4v) is 4.63. The molecule has 29 heavy (non-hydrogen) atoms. The zero-order chi connectivity index (χ0) is 19.8. The fraction of sp³-hybridized carbons (Fsp3) is 0.391. The summed E-state index contributed by atoms with van der Waals surface area (Å²) in [5.74, 6) is -0.0491. The molecule has 0 radical (unpaired) electrons. The van der Waals surface area contributed by atoms with Crippen molar-refractivity contribution in [3.8, 4) is 0 Å². The fourth-order valence-electron chi connectivity index (χ4n) is 4.63. The van der Waals surface area contributed by atoms with Crippen molar-refractivity contribution in [3.05, 3.63) is 69.8 Å². The summed E-state index contributed by atoms with van der Waals surface area (Å²) in [5.41, 5.74) is 3.77. The second-order valence-corrected chi connectivity index (χ2v) is 8.14. The smallest absolute Gasteiger partial charge is 0.267 e. The number of nitrogens with one attached hydrogen (secondary N) is 1. The summed E-state index contributed by atoms with van der Waals surface area (Å²) in [6, 6.07) is 11.5. The lowest BCUT2D eigenvalue weighted by atomic mass is 9.91. The molecule has 0 aliphatic heterocycles. The minimum Gasteiger partial charge on any atom is -0.349 e. The number of nitrogens with zero attached hydrogens (tertiary/aromatic N) is 3. The molecule has 1 saturated carbocycles. The number of fused-ring (bicyclic) bond motifs is 2. The highest BCUT2D eigenvalue weighted by Crippen LogP contribution is 2.28. The molecule has 1 N–H and O–H groups in total. The van der Waals surface area contributed by atoms with E-state index in [4.69, 9.17) is 0 Å². The van der Waals surface area contributed by atoms with Gasteiger partial charge in [0.05, 0.1) is 17.3 Å². The molecule has 0 bridgehead atoms. The van der Waals surface area contributed by atoms with E-state index < -0.39 is 0 Å². The summed E-state index contributed by atoms with van der Waals surface area (Å²) < 4.78 is 1.69. The predicted octanol–water partition coefficient (Wildman–Crippen LogP) is 3.19. The lowest BCUT2D eigenvalue weighted by molar-refractivity contribution is 0.0921. The lowest BCUT2D eigenvalue weighted by Gasteiger charge is -2.29. The molecule has 6 nitrogen and oxygen atoms in total. The van der Waals surface area contributed by atoms with Crippen LogP contribution < -0.4 is 10.9 Å². The van der Waals surface area contributed by atoms with E-state index >= 15 is 0 Å². The number of benzene rings is 1. The average Bonchev–Trinajstić information content (AvgIpc) is 3.20. The van der Waals surface area contributed by atoms with E-state index in [0.29, 0.717) is 5.56 Å². The van der Waals surface area contributed by atoms with Gasteiger partial charge in [-0.2, -0.15) is 5.10 Å². The number of carbonyl (C=O) groups excluding carboxylic acids is 1. The maximum Gasteiger partial charge on any atom is 0.267 e. The first kappa shape index (κ1) is 18.0. The van der Waals surface area contributed by atoms with Gasteiger partial charge in [-0.05, 0) is 74.8 Å². The van der Waals surface area contributed by atoms with Crippen molar-refractivity contribution in [2.75, 3.05) is 0 Å². The summed E-state index contributed by atoms with van der Waals surface area (Å²) in [4.78, 5) is 29.4. The third-order valence-corrected chi connectivity index (χ3v) is 6.23. The second-order valence-electron chi connectivity index (χ2n) is 8.14. The normalized spacial score (nSPS) is 21.1. The Hall–Kier alpha value is -3.02. The number of hydrogen-bond donors (Lipinski definition) is 1. The van der Waals surface area contributed by atoms with Crippen molar-refractivity contribution < 1.29 is 4.79 Å². The molecule has 148 valence electrons. The van der Waals surface area contributed by atoms with Gasteiger partial charge in [-0.15, -0.1) is 0 Å². The third-order valence-electron chi connectivity index (χ3n) is 6.23. The zero-order valence-corrected chi connectivity index (χ0v) is 16.3. The van der Waals surface area contributed by atoms with Crippen LogP contribution in [0.15, 0.2) is 47.4 Å². The molecule has 1 aromatic carbocycles. The number of carbonyl (C=O) groups is 1. The van der Waals surface area contributed by atoms with Crippen molar-refractivity contribution in [1.29, 1.82) is 0 Å². The van der Waals surface area contributed by atoms with Crippen molar-refractivity contribution >= 4 is 16.8 Å². The molecule has 0 atom stereocenters. The molecule has 0 saturated heterocycles. The number of aromatic nitrogens is 3. The van der Waals surface area contributed by atoms with Gasteiger partial charge in [0.1, 0.15) is 0 Å². The van der Waals surface area contributed by atoms with Gasteiger partial charge >= 0.3 is 0 Å². The summed E-state index contributed by atoms with van der Waals surface area (Å²) in [6.45, 7) is 0. The molecular weight excluding hydrogens is 364 g/mol. The summed E-state index contributed by atoms with van der Waals surface area (Å²) >= 11 is 0. The van der Waals surface area contributed by atoms with Crippen LogP contribution in [0.25, 0.3) is 10.9 Å². The standard InChI is InChI=1S/C23H24N4O2/c28-22-14-16-3-1-5-21(16)26-27(22)19-9-7-18(8-10-19)25-23(29)17-6-11-20-15(13-17)4-2-12-24-20/h2,4,6,11-14,18-19H,1,3,5,7-10H2,(H,25,29). The number of hydrogen-bond acceptors (Lipinski definition) is 4. The Morgan fingerprint density at radius 2 is 1.93 bits per heavy atom. The van der Waals surface area contributed by atoms with Crippen LogP contribution in [-0.4, -0.2) is 26.7 Å². The van der Waals surface area contributed by atoms with Gasteiger partial charge in [0.25, 0.3) is 11.5 Å². The second kappa shape index (κ2) is 7.43. The minimum atomic E-state index is -0.0491. The van der Waals surface area contributed by atoms with Crippen LogP contribution in [0.2, 0.25) is 0 Å². The van der Waals surface area contributed by atoms with Crippen LogP contribution in [0.3, 0.4) is 0 Å². The Morgan fingerprint density at radius 3 is 2.79 bits per heavy atom. The quantitative estimate of drug-likeness (QED) is 0.748. The van der Waals surface area contributed by atoms with Gasteiger partial charge in [0.15, 0.2) is 0 Å². The molecule has 0 spiro atoms. The highest BCUT2D eigenvalue weighted by molar-refractivity contribution is 5.98. The first-order chi connectivity index (χ1) is 14.2. The zero-order valence-electron chi connectivity index (χ0n) is 16.3. The van der Waals surface area contributed by atoms with Crippen molar-refractivity contribution in [2.24, 2.45) is 0 Å². The molecule has 2 heterocycles. The van der Waals surface area contributed by atoms with E-state index in [1.54, 1.807) is 16.9 Å². The first-order valence-electron chi connectivity index (χ1n) is 10.4. The van der Waals surface area contributed by atoms with Crippen LogP contribution in [0.1, 0.15) is 59.8 Å². The van der Waals surface area contributed by atoms with Gasteiger partial charge in [-0.1, -0.05) is 6.07 Å². The van der Waals surface area contributed by atoms with E-state index in [1.165, 1.54) is 0 Å². The molecule has 6 heteroatoms. The van der Waals surface area contributed by atoms with E-state index in [1.807, 2.05) is 30.3 Å². The third kappa shape index (κ3) is 3.55. The lowest BCUT2D eigenvalue weighted by Crippen LogP contribution is -2.39. The molecule has 1 amide bonds. The van der Waals surface area contributed by atoms with Crippen LogP contribution in [0, 0.1) is 0 Å². The molecule has 1 fully saturated rings. The molecule has 3 aromatic rings. The Balaban J connectivity index is 1.24. The molecule has 2 aromatic heterocycles. The van der Waals surface area contributed by atoms with E-state index in [0.717, 1.165) is 67.1 Å². The van der Waals surface area contributed by atoms with Gasteiger partial charge < -0.3 is 5.32 Å². The Labute approximate surface area is 169 Å². The monoisotopic (exact) mass is 388 g/mol. The van der Waals surface area contributed by atoms with Gasteiger partial charge in [-0.25, -0.2) is 4.68 Å². The molecule has 2 aliphatic rings.